The molecular weight excluding hydrogens is 250 g/mol. The Bertz CT molecular complexity index is 394. The Morgan fingerprint density at radius 3 is 2.83 bits per heavy atom. The third kappa shape index (κ3) is 4.44. The van der Waals surface area contributed by atoms with Gasteiger partial charge in [-0.05, 0) is 38.4 Å². The molecule has 4 N–H and O–H groups in total. The topological polar surface area (TPSA) is 71.2 Å². The van der Waals surface area contributed by atoms with E-state index in [4.69, 9.17) is 17.3 Å². The Morgan fingerprint density at radius 1 is 1.56 bits per heavy atom. The highest BCUT2D eigenvalue weighted by molar-refractivity contribution is 6.30. The number of nitrogens with two attached hydrogens (primary N) is 1. The van der Waals surface area contributed by atoms with Crippen LogP contribution in [-0.4, -0.2) is 23.2 Å². The molecule has 1 aromatic rings. The van der Waals surface area contributed by atoms with Crippen LogP contribution in [0.15, 0.2) is 12.3 Å². The van der Waals surface area contributed by atoms with E-state index in [1.165, 1.54) is 6.20 Å². The van der Waals surface area contributed by atoms with Gasteiger partial charge in [-0.2, -0.15) is 0 Å². The molecule has 0 spiro atoms. The minimum atomic E-state index is -1.02. The number of aromatic nitrogens is 1. The number of rotatable bonds is 6. The lowest BCUT2D eigenvalue weighted by molar-refractivity contribution is 0.0483. The van der Waals surface area contributed by atoms with Crippen molar-refractivity contribution in [3.63, 3.8) is 0 Å². The fourth-order valence-electron chi connectivity index (χ4n) is 1.74. The van der Waals surface area contributed by atoms with Crippen LogP contribution >= 0.6 is 11.6 Å². The van der Waals surface area contributed by atoms with Crippen LogP contribution in [0.1, 0.15) is 32.8 Å². The molecule has 0 aliphatic heterocycles. The second-order valence-corrected chi connectivity index (χ2v) is 5.64. The third-order valence-corrected chi connectivity index (χ3v) is 3.01. The van der Waals surface area contributed by atoms with E-state index in [9.17, 15) is 5.11 Å². The zero-order valence-corrected chi connectivity index (χ0v) is 12.0. The summed E-state index contributed by atoms with van der Waals surface area (Å²) in [5, 5.41) is 14.2. The van der Waals surface area contributed by atoms with Crippen molar-refractivity contribution < 1.29 is 5.11 Å². The molecule has 4 nitrogen and oxygen atoms in total. The average molecular weight is 272 g/mol. The number of nitrogens with zero attached hydrogens (tertiary/aromatic N) is 1. The molecule has 1 rings (SSSR count). The van der Waals surface area contributed by atoms with Crippen LogP contribution in [0.2, 0.25) is 5.02 Å². The molecule has 0 saturated carbocycles. The standard InChI is InChI=1S/C13H22ClN3O/c1-9(2)7-16-5-4-13(3,18)11-6-10(14)8-17-12(11)15/h6,8-9,16,18H,4-5,7H2,1-3H3,(H2,15,17). The summed E-state index contributed by atoms with van der Waals surface area (Å²) in [6.45, 7) is 7.66. The lowest BCUT2D eigenvalue weighted by Gasteiger charge is -2.25. The van der Waals surface area contributed by atoms with Crippen LogP contribution < -0.4 is 11.1 Å². The summed E-state index contributed by atoms with van der Waals surface area (Å²) in [5.74, 6) is 0.918. The molecule has 0 radical (unpaired) electrons. The predicted molar refractivity (Wildman–Crippen MR) is 75.6 cm³/mol. The van der Waals surface area contributed by atoms with Gasteiger partial charge in [-0.15, -0.1) is 0 Å². The molecular formula is C13H22ClN3O. The minimum Gasteiger partial charge on any atom is -0.385 e. The normalized spacial score (nSPS) is 14.8. The van der Waals surface area contributed by atoms with E-state index >= 15 is 0 Å². The molecule has 0 saturated heterocycles. The van der Waals surface area contributed by atoms with Gasteiger partial charge in [-0.3, -0.25) is 0 Å². The largest absolute Gasteiger partial charge is 0.385 e. The maximum Gasteiger partial charge on any atom is 0.129 e. The van der Waals surface area contributed by atoms with Crippen molar-refractivity contribution in [3.05, 3.63) is 22.8 Å². The molecule has 5 heteroatoms. The van der Waals surface area contributed by atoms with E-state index in [-0.39, 0.29) is 0 Å². The molecule has 1 heterocycles. The first-order valence-electron chi connectivity index (χ1n) is 6.17. The molecule has 0 fully saturated rings. The van der Waals surface area contributed by atoms with Crippen molar-refractivity contribution in [2.75, 3.05) is 18.8 Å². The summed E-state index contributed by atoms with van der Waals surface area (Å²) in [7, 11) is 0. The molecule has 1 aromatic heterocycles. The van der Waals surface area contributed by atoms with Gasteiger partial charge in [0, 0.05) is 11.8 Å². The van der Waals surface area contributed by atoms with Gasteiger partial charge >= 0.3 is 0 Å². The average Bonchev–Trinajstić information content (AvgIpc) is 2.27. The zero-order chi connectivity index (χ0) is 13.8. The Morgan fingerprint density at radius 2 is 2.22 bits per heavy atom. The maximum absolute atomic E-state index is 10.4. The first-order chi connectivity index (χ1) is 8.33. The van der Waals surface area contributed by atoms with E-state index in [1.54, 1.807) is 13.0 Å². The number of pyridine rings is 1. The van der Waals surface area contributed by atoms with Crippen molar-refractivity contribution >= 4 is 17.4 Å². The van der Waals surface area contributed by atoms with E-state index in [0.29, 0.717) is 28.7 Å². The molecule has 0 aliphatic carbocycles. The number of nitrogens with one attached hydrogen (secondary N) is 1. The van der Waals surface area contributed by atoms with Gasteiger partial charge in [-0.1, -0.05) is 25.4 Å². The van der Waals surface area contributed by atoms with Crippen LogP contribution in [0, 0.1) is 5.92 Å². The van der Waals surface area contributed by atoms with Gasteiger partial charge in [0.05, 0.1) is 10.6 Å². The van der Waals surface area contributed by atoms with Gasteiger partial charge in [0.2, 0.25) is 0 Å². The van der Waals surface area contributed by atoms with Gasteiger partial charge in [0.1, 0.15) is 5.82 Å². The molecule has 1 atom stereocenters. The number of hydrogen-bond acceptors (Lipinski definition) is 4. The quantitative estimate of drug-likeness (QED) is 0.694. The van der Waals surface area contributed by atoms with Crippen LogP contribution in [0.3, 0.4) is 0 Å². The highest BCUT2D eigenvalue weighted by Crippen LogP contribution is 2.29. The van der Waals surface area contributed by atoms with Crippen molar-refractivity contribution in [2.45, 2.75) is 32.8 Å². The number of hydrogen-bond donors (Lipinski definition) is 3. The predicted octanol–water partition coefficient (Wildman–Crippen LogP) is 2.16. The molecule has 0 amide bonds. The van der Waals surface area contributed by atoms with E-state index in [1.807, 2.05) is 0 Å². The fraction of sp³-hybridized carbons (Fsp3) is 0.615. The Labute approximate surface area is 114 Å². The molecule has 0 aliphatic rings. The van der Waals surface area contributed by atoms with E-state index < -0.39 is 5.60 Å². The van der Waals surface area contributed by atoms with Crippen LogP contribution in [-0.2, 0) is 5.60 Å². The smallest absolute Gasteiger partial charge is 0.129 e. The Balaban J connectivity index is 2.64. The summed E-state index contributed by atoms with van der Waals surface area (Å²) < 4.78 is 0. The maximum atomic E-state index is 10.4. The van der Waals surface area contributed by atoms with Gasteiger partial charge in [0.15, 0.2) is 0 Å². The van der Waals surface area contributed by atoms with E-state index in [2.05, 4.69) is 24.1 Å². The van der Waals surface area contributed by atoms with Crippen LogP contribution in [0.4, 0.5) is 5.82 Å². The fourth-order valence-corrected chi connectivity index (χ4v) is 1.90. The molecule has 18 heavy (non-hydrogen) atoms. The van der Waals surface area contributed by atoms with Gasteiger partial charge in [-0.25, -0.2) is 4.98 Å². The molecule has 0 bridgehead atoms. The van der Waals surface area contributed by atoms with Crippen molar-refractivity contribution in [1.29, 1.82) is 0 Å². The zero-order valence-electron chi connectivity index (χ0n) is 11.2. The first-order valence-corrected chi connectivity index (χ1v) is 6.55. The second-order valence-electron chi connectivity index (χ2n) is 5.21. The van der Waals surface area contributed by atoms with Crippen molar-refractivity contribution in [2.24, 2.45) is 5.92 Å². The summed E-state index contributed by atoms with van der Waals surface area (Å²) >= 11 is 5.88. The Kier molecular flexibility index (Phi) is 5.38. The Hall–Kier alpha value is -0.840. The number of halogens is 1. The van der Waals surface area contributed by atoms with Gasteiger partial charge in [0.25, 0.3) is 0 Å². The van der Waals surface area contributed by atoms with Crippen molar-refractivity contribution in [3.8, 4) is 0 Å². The van der Waals surface area contributed by atoms with Crippen LogP contribution in [0.5, 0.6) is 0 Å². The molecule has 0 aromatic carbocycles. The summed E-state index contributed by atoms with van der Waals surface area (Å²) in [6, 6.07) is 1.67. The SMILES string of the molecule is CC(C)CNCCC(C)(O)c1cc(Cl)cnc1N. The summed E-state index contributed by atoms with van der Waals surface area (Å²) in [6.07, 6.45) is 2.04. The number of anilines is 1. The first kappa shape index (κ1) is 15.2. The summed E-state index contributed by atoms with van der Waals surface area (Å²) in [4.78, 5) is 3.97. The number of aliphatic hydroxyl groups is 1. The highest BCUT2D eigenvalue weighted by atomic mass is 35.5. The van der Waals surface area contributed by atoms with Gasteiger partial charge < -0.3 is 16.2 Å². The van der Waals surface area contributed by atoms with Crippen molar-refractivity contribution in [1.82, 2.24) is 10.3 Å². The number of nitrogen functional groups attached to an aromatic ring is 1. The third-order valence-electron chi connectivity index (χ3n) is 2.81. The highest BCUT2D eigenvalue weighted by Gasteiger charge is 2.26. The summed E-state index contributed by atoms with van der Waals surface area (Å²) in [5.41, 5.74) is 5.34. The molecule has 102 valence electrons. The van der Waals surface area contributed by atoms with E-state index in [0.717, 1.165) is 13.1 Å². The lowest BCUT2D eigenvalue weighted by atomic mass is 9.93. The molecule has 1 unspecified atom stereocenters. The monoisotopic (exact) mass is 271 g/mol. The second kappa shape index (κ2) is 6.36. The lowest BCUT2D eigenvalue weighted by Crippen LogP contribution is -2.30. The minimum absolute atomic E-state index is 0.327. The van der Waals surface area contributed by atoms with Crippen LogP contribution in [0.25, 0.3) is 0 Å².